The lowest BCUT2D eigenvalue weighted by molar-refractivity contribution is -0.384. The van der Waals surface area contributed by atoms with Crippen LogP contribution < -0.4 is 10.6 Å². The Hall–Kier alpha value is -4.37. The van der Waals surface area contributed by atoms with Crippen LogP contribution in [0.4, 0.5) is 17.1 Å². The van der Waals surface area contributed by atoms with Crippen molar-refractivity contribution in [1.29, 1.82) is 0 Å². The number of amides is 2. The Morgan fingerprint density at radius 1 is 0.943 bits per heavy atom. The minimum atomic E-state index is -0.613. The van der Waals surface area contributed by atoms with Gasteiger partial charge in [0.2, 0.25) is 5.91 Å². The molecule has 0 radical (unpaired) electrons. The number of rotatable bonds is 8. The van der Waals surface area contributed by atoms with E-state index in [1.165, 1.54) is 30.2 Å². The van der Waals surface area contributed by atoms with Gasteiger partial charge in [0.1, 0.15) is 5.25 Å². The Kier molecular flexibility index (Phi) is 7.27. The second-order valence-corrected chi connectivity index (χ2v) is 8.79. The summed E-state index contributed by atoms with van der Waals surface area (Å²) in [5.74, 6) is -0.454. The minimum absolute atomic E-state index is 0.0954. The van der Waals surface area contributed by atoms with Gasteiger partial charge in [0.05, 0.1) is 16.9 Å². The molecule has 4 aromatic rings. The normalized spacial score (nSPS) is 11.5. The first-order valence-electron chi connectivity index (χ1n) is 10.6. The summed E-state index contributed by atoms with van der Waals surface area (Å²) in [5.41, 5.74) is 2.39. The first-order chi connectivity index (χ1) is 16.9. The molecule has 1 atom stereocenters. The Bertz CT molecular complexity index is 1340. The fourth-order valence-corrected chi connectivity index (χ4v) is 4.34. The maximum Gasteiger partial charge on any atom is 0.291 e. The maximum atomic E-state index is 13.3. The molecule has 1 unspecified atom stereocenters. The Morgan fingerprint density at radius 3 is 2.34 bits per heavy atom. The minimum Gasteiger partial charge on any atom is -0.459 e. The lowest BCUT2D eigenvalue weighted by atomic mass is 10.1. The lowest BCUT2D eigenvalue weighted by Gasteiger charge is -2.18. The summed E-state index contributed by atoms with van der Waals surface area (Å²) in [6.07, 6.45) is 1.43. The van der Waals surface area contributed by atoms with E-state index in [0.29, 0.717) is 11.4 Å². The molecular weight excluding hydrogens is 466 g/mol. The van der Waals surface area contributed by atoms with Crippen LogP contribution in [0, 0.1) is 17.0 Å². The molecule has 4 rings (SSSR count). The summed E-state index contributed by atoms with van der Waals surface area (Å²) < 4.78 is 5.10. The summed E-state index contributed by atoms with van der Waals surface area (Å²) in [7, 11) is 0. The smallest absolute Gasteiger partial charge is 0.291 e. The van der Waals surface area contributed by atoms with Crippen LogP contribution in [0.3, 0.4) is 0 Å². The van der Waals surface area contributed by atoms with Gasteiger partial charge < -0.3 is 15.1 Å². The van der Waals surface area contributed by atoms with Crippen molar-refractivity contribution in [2.45, 2.75) is 17.1 Å². The molecule has 0 spiro atoms. The molecule has 1 aromatic heterocycles. The van der Waals surface area contributed by atoms with Crippen molar-refractivity contribution >= 4 is 40.6 Å². The fourth-order valence-electron chi connectivity index (χ4n) is 3.31. The average molecular weight is 488 g/mol. The zero-order chi connectivity index (χ0) is 24.8. The third-order valence-corrected chi connectivity index (χ3v) is 6.41. The molecule has 3 aromatic carbocycles. The highest BCUT2D eigenvalue weighted by molar-refractivity contribution is 8.00. The average Bonchev–Trinajstić information content (AvgIpc) is 3.40. The summed E-state index contributed by atoms with van der Waals surface area (Å²) in [6, 6.07) is 24.0. The quantitative estimate of drug-likeness (QED) is 0.173. The predicted molar refractivity (Wildman–Crippen MR) is 135 cm³/mol. The van der Waals surface area contributed by atoms with E-state index in [-0.39, 0.29) is 23.3 Å². The number of aryl methyl sites for hydroxylation is 1. The predicted octanol–water partition coefficient (Wildman–Crippen LogP) is 6.22. The van der Waals surface area contributed by atoms with Crippen molar-refractivity contribution < 1.29 is 18.9 Å². The molecule has 0 bridgehead atoms. The first-order valence-corrected chi connectivity index (χ1v) is 11.5. The fraction of sp³-hybridized carbons (Fsp3) is 0.0769. The number of hydrogen-bond donors (Lipinski definition) is 2. The van der Waals surface area contributed by atoms with Crippen LogP contribution in [0.1, 0.15) is 26.9 Å². The van der Waals surface area contributed by atoms with E-state index >= 15 is 0 Å². The van der Waals surface area contributed by atoms with Gasteiger partial charge in [-0.2, -0.15) is 0 Å². The molecule has 176 valence electrons. The summed E-state index contributed by atoms with van der Waals surface area (Å²) in [6.45, 7) is 1.78. The second-order valence-electron chi connectivity index (χ2n) is 7.61. The van der Waals surface area contributed by atoms with Crippen LogP contribution in [0.2, 0.25) is 0 Å². The number of nitrogens with zero attached hydrogens (tertiary/aromatic N) is 1. The molecule has 0 saturated heterocycles. The molecule has 0 aliphatic carbocycles. The van der Waals surface area contributed by atoms with Crippen molar-refractivity contribution in [2.75, 3.05) is 10.6 Å². The highest BCUT2D eigenvalue weighted by Crippen LogP contribution is 2.37. The summed E-state index contributed by atoms with van der Waals surface area (Å²) in [4.78, 5) is 37.0. The highest BCUT2D eigenvalue weighted by atomic mass is 32.2. The van der Waals surface area contributed by atoms with E-state index < -0.39 is 10.2 Å². The Balaban J connectivity index is 1.53. The molecule has 8 nitrogen and oxygen atoms in total. The van der Waals surface area contributed by atoms with Crippen LogP contribution in [0.15, 0.2) is 101 Å². The number of nitro benzene ring substituents is 1. The molecule has 0 aliphatic heterocycles. The van der Waals surface area contributed by atoms with E-state index in [0.717, 1.165) is 16.0 Å². The number of hydrogen-bond acceptors (Lipinski definition) is 6. The van der Waals surface area contributed by atoms with Gasteiger partial charge in [-0.15, -0.1) is 11.8 Å². The van der Waals surface area contributed by atoms with Crippen LogP contribution in [-0.2, 0) is 4.79 Å². The Morgan fingerprint density at radius 2 is 1.69 bits per heavy atom. The van der Waals surface area contributed by atoms with E-state index in [4.69, 9.17) is 4.42 Å². The first kappa shape index (κ1) is 23.8. The van der Waals surface area contributed by atoms with Gasteiger partial charge in [-0.25, -0.2) is 0 Å². The van der Waals surface area contributed by atoms with Crippen molar-refractivity contribution in [2.24, 2.45) is 0 Å². The number of thioether (sulfide) groups is 1. The zero-order valence-corrected chi connectivity index (χ0v) is 19.5. The van der Waals surface area contributed by atoms with Gasteiger partial charge in [-0.3, -0.25) is 19.7 Å². The molecule has 2 amide bonds. The van der Waals surface area contributed by atoms with Crippen LogP contribution in [-0.4, -0.2) is 16.7 Å². The van der Waals surface area contributed by atoms with Crippen LogP contribution >= 0.6 is 11.8 Å². The van der Waals surface area contributed by atoms with Crippen molar-refractivity contribution in [3.63, 3.8) is 0 Å². The van der Waals surface area contributed by atoms with Gasteiger partial charge in [0, 0.05) is 22.7 Å². The van der Waals surface area contributed by atoms with Crippen LogP contribution in [0.25, 0.3) is 0 Å². The topological polar surface area (TPSA) is 114 Å². The Labute approximate surface area is 205 Å². The van der Waals surface area contributed by atoms with Gasteiger partial charge >= 0.3 is 0 Å². The van der Waals surface area contributed by atoms with Crippen LogP contribution in [0.5, 0.6) is 0 Å². The summed E-state index contributed by atoms with van der Waals surface area (Å²) >= 11 is 1.33. The third kappa shape index (κ3) is 5.96. The van der Waals surface area contributed by atoms with E-state index in [1.807, 2.05) is 42.5 Å². The molecule has 0 aliphatic rings. The van der Waals surface area contributed by atoms with Crippen molar-refractivity contribution in [3.05, 3.63) is 118 Å². The molecule has 2 N–H and O–H groups in total. The zero-order valence-electron chi connectivity index (χ0n) is 18.6. The van der Waals surface area contributed by atoms with E-state index in [9.17, 15) is 19.7 Å². The van der Waals surface area contributed by atoms with Gasteiger partial charge in [-0.05, 0) is 54.4 Å². The number of carbonyl (C=O) groups excluding carboxylic acids is 2. The third-order valence-electron chi connectivity index (χ3n) is 5.14. The number of benzene rings is 3. The number of carbonyl (C=O) groups is 2. The molecular formula is C26H21N3O5S. The largest absolute Gasteiger partial charge is 0.459 e. The summed E-state index contributed by atoms with van der Waals surface area (Å²) in [5, 5.41) is 16.2. The van der Waals surface area contributed by atoms with Crippen molar-refractivity contribution in [3.8, 4) is 0 Å². The molecule has 1 heterocycles. The molecule has 35 heavy (non-hydrogen) atoms. The number of anilines is 2. The number of nitro groups is 1. The molecule has 0 fully saturated rings. The van der Waals surface area contributed by atoms with Gasteiger partial charge in [0.25, 0.3) is 11.6 Å². The molecule has 0 saturated carbocycles. The maximum absolute atomic E-state index is 13.3. The van der Waals surface area contributed by atoms with Gasteiger partial charge in [-0.1, -0.05) is 36.4 Å². The number of non-ortho nitro benzene ring substituents is 1. The SMILES string of the molecule is Cc1ccc([N+](=O)[O-])cc1NC(=O)C(Sc1ccc(NC(=O)c2ccco2)cc1)c1ccccc1. The standard InChI is InChI=1S/C26H21N3O5S/c1-17-9-12-20(29(32)33)16-22(17)28-26(31)24(18-6-3-2-4-7-18)35-21-13-10-19(11-14-21)27-25(30)23-8-5-15-34-23/h2-16,24H,1H3,(H,27,30)(H,28,31). The van der Waals surface area contributed by atoms with Crippen molar-refractivity contribution in [1.82, 2.24) is 0 Å². The van der Waals surface area contributed by atoms with Gasteiger partial charge in [0.15, 0.2) is 5.76 Å². The van der Waals surface area contributed by atoms with E-state index in [2.05, 4.69) is 10.6 Å². The second kappa shape index (κ2) is 10.7. The monoisotopic (exact) mass is 487 g/mol. The number of nitrogens with one attached hydrogen (secondary N) is 2. The molecule has 9 heteroatoms. The van der Waals surface area contributed by atoms with E-state index in [1.54, 1.807) is 37.3 Å². The number of furan rings is 1. The highest BCUT2D eigenvalue weighted by Gasteiger charge is 2.23. The lowest BCUT2D eigenvalue weighted by Crippen LogP contribution is -2.19.